The summed E-state index contributed by atoms with van der Waals surface area (Å²) in [4.78, 5) is 0. The van der Waals surface area contributed by atoms with Gasteiger partial charge in [0.15, 0.2) is 6.29 Å². The van der Waals surface area contributed by atoms with E-state index in [0.29, 0.717) is 18.8 Å². The maximum atomic E-state index is 13.6. The molecule has 2 rings (SSSR count). The minimum Gasteiger partial charge on any atom is -0.348 e. The molecule has 0 aromatic heterocycles. The highest BCUT2D eigenvalue weighted by Crippen LogP contribution is 2.27. The van der Waals surface area contributed by atoms with Crippen LogP contribution in [0.1, 0.15) is 24.3 Å². The van der Waals surface area contributed by atoms with Crippen LogP contribution < -0.4 is 0 Å². The number of allylic oxidation sites excluding steroid dienone is 1. The van der Waals surface area contributed by atoms with Gasteiger partial charge in [0, 0.05) is 11.5 Å². The van der Waals surface area contributed by atoms with E-state index in [1.165, 1.54) is 0 Å². The highest BCUT2D eigenvalue weighted by Gasteiger charge is 2.24. The summed E-state index contributed by atoms with van der Waals surface area (Å²) >= 11 is 0. The van der Waals surface area contributed by atoms with Crippen molar-refractivity contribution in [3.8, 4) is 12.3 Å². The number of halogens is 2. The molecule has 1 fully saturated rings. The average molecular weight is 264 g/mol. The van der Waals surface area contributed by atoms with E-state index >= 15 is 0 Å². The van der Waals surface area contributed by atoms with Gasteiger partial charge in [-0.05, 0) is 19.1 Å². The first kappa shape index (κ1) is 13.7. The third kappa shape index (κ3) is 3.01. The van der Waals surface area contributed by atoms with Crippen molar-refractivity contribution < 1.29 is 18.3 Å². The molecule has 1 aromatic rings. The molecule has 0 saturated carbocycles. The Labute approximate surface area is 111 Å². The summed E-state index contributed by atoms with van der Waals surface area (Å²) in [5.74, 6) is 0.589. The molecule has 0 aliphatic carbocycles. The Balaban J connectivity index is 2.14. The molecular formula is C15H14F2O2. The molecule has 0 bridgehead atoms. The topological polar surface area (TPSA) is 18.5 Å². The van der Waals surface area contributed by atoms with Gasteiger partial charge in [0.2, 0.25) is 0 Å². The van der Waals surface area contributed by atoms with Crippen molar-refractivity contribution in [1.29, 1.82) is 0 Å². The Bertz CT molecular complexity index is 500. The number of benzene rings is 1. The van der Waals surface area contributed by atoms with Gasteiger partial charge < -0.3 is 9.47 Å². The van der Waals surface area contributed by atoms with E-state index in [1.807, 2.05) is 25.0 Å². The summed E-state index contributed by atoms with van der Waals surface area (Å²) in [5.41, 5.74) is -0.0701. The molecule has 2 nitrogen and oxygen atoms in total. The van der Waals surface area contributed by atoms with E-state index in [0.717, 1.165) is 12.1 Å². The van der Waals surface area contributed by atoms with E-state index in [1.54, 1.807) is 0 Å². The van der Waals surface area contributed by atoms with Gasteiger partial charge in [-0.2, -0.15) is 0 Å². The fraction of sp³-hybridized carbons (Fsp3) is 0.333. The number of hydrogen-bond donors (Lipinski definition) is 0. The molecule has 1 aliphatic heterocycles. The van der Waals surface area contributed by atoms with Crippen LogP contribution in [0.25, 0.3) is 0 Å². The van der Waals surface area contributed by atoms with Crippen molar-refractivity contribution >= 4 is 0 Å². The minimum absolute atomic E-state index is 0.168. The molecule has 1 heterocycles. The molecule has 0 radical (unpaired) electrons. The molecular weight excluding hydrogens is 250 g/mol. The summed E-state index contributed by atoms with van der Waals surface area (Å²) in [6.45, 7) is 2.82. The van der Waals surface area contributed by atoms with Crippen molar-refractivity contribution in [2.45, 2.75) is 13.2 Å². The van der Waals surface area contributed by atoms with E-state index < -0.39 is 17.9 Å². The number of rotatable bonds is 2. The fourth-order valence-corrected chi connectivity index (χ4v) is 1.96. The highest BCUT2D eigenvalue weighted by molar-refractivity contribution is 5.37. The molecule has 1 saturated heterocycles. The first-order chi connectivity index (χ1) is 9.15. The third-order valence-corrected chi connectivity index (χ3v) is 2.87. The summed E-state index contributed by atoms with van der Waals surface area (Å²) in [7, 11) is 0. The highest BCUT2D eigenvalue weighted by atomic mass is 19.1. The summed E-state index contributed by atoms with van der Waals surface area (Å²) in [6, 6.07) is 2.30. The Kier molecular flexibility index (Phi) is 4.31. The summed E-state index contributed by atoms with van der Waals surface area (Å²) < 4.78 is 38.0. The van der Waals surface area contributed by atoms with Crippen LogP contribution in [0.15, 0.2) is 24.3 Å². The molecule has 19 heavy (non-hydrogen) atoms. The minimum atomic E-state index is -0.778. The van der Waals surface area contributed by atoms with Crippen molar-refractivity contribution in [3.05, 3.63) is 47.0 Å². The number of terminal acetylenes is 1. The largest absolute Gasteiger partial charge is 0.348 e. The third-order valence-electron chi connectivity index (χ3n) is 2.87. The second kappa shape index (κ2) is 5.96. The van der Waals surface area contributed by atoms with Crippen LogP contribution in [0, 0.1) is 29.9 Å². The SMILES string of the molecule is C#Cc1c(F)cc(C2OCC(C=CC)CO2)cc1F. The van der Waals surface area contributed by atoms with Crippen LogP contribution in [-0.2, 0) is 9.47 Å². The van der Waals surface area contributed by atoms with Crippen molar-refractivity contribution in [3.63, 3.8) is 0 Å². The molecule has 0 amide bonds. The second-order valence-corrected chi connectivity index (χ2v) is 4.29. The van der Waals surface area contributed by atoms with Crippen LogP contribution in [0.3, 0.4) is 0 Å². The van der Waals surface area contributed by atoms with E-state index in [4.69, 9.17) is 15.9 Å². The Morgan fingerprint density at radius 3 is 2.32 bits per heavy atom. The molecule has 0 atom stereocenters. The van der Waals surface area contributed by atoms with Crippen molar-refractivity contribution in [1.82, 2.24) is 0 Å². The zero-order chi connectivity index (χ0) is 13.8. The van der Waals surface area contributed by atoms with Gasteiger partial charge in [-0.25, -0.2) is 8.78 Å². The van der Waals surface area contributed by atoms with Crippen LogP contribution in [0.5, 0.6) is 0 Å². The predicted octanol–water partition coefficient (Wildman–Crippen LogP) is 3.18. The van der Waals surface area contributed by atoms with Gasteiger partial charge >= 0.3 is 0 Å². The van der Waals surface area contributed by atoms with Gasteiger partial charge in [0.1, 0.15) is 11.6 Å². The lowest BCUT2D eigenvalue weighted by atomic mass is 10.1. The second-order valence-electron chi connectivity index (χ2n) is 4.29. The number of hydrogen-bond acceptors (Lipinski definition) is 2. The van der Waals surface area contributed by atoms with Crippen LogP contribution in [0.2, 0.25) is 0 Å². The van der Waals surface area contributed by atoms with Gasteiger partial charge in [0.25, 0.3) is 0 Å². The Morgan fingerprint density at radius 2 is 1.84 bits per heavy atom. The molecule has 1 aromatic carbocycles. The Hall–Kier alpha value is -1.70. The van der Waals surface area contributed by atoms with Crippen LogP contribution >= 0.6 is 0 Å². The fourth-order valence-electron chi connectivity index (χ4n) is 1.96. The lowest BCUT2D eigenvalue weighted by Crippen LogP contribution is -2.26. The maximum absolute atomic E-state index is 13.6. The van der Waals surface area contributed by atoms with Gasteiger partial charge in [-0.3, -0.25) is 0 Å². The summed E-state index contributed by atoms with van der Waals surface area (Å²) in [6.07, 6.45) is 8.17. The predicted molar refractivity (Wildman–Crippen MR) is 67.2 cm³/mol. The molecule has 100 valence electrons. The van der Waals surface area contributed by atoms with Crippen molar-refractivity contribution in [2.24, 2.45) is 5.92 Å². The molecule has 0 unspecified atom stereocenters. The first-order valence-corrected chi connectivity index (χ1v) is 5.97. The smallest absolute Gasteiger partial charge is 0.184 e. The summed E-state index contributed by atoms with van der Waals surface area (Å²) in [5, 5.41) is 0. The molecule has 4 heteroatoms. The van der Waals surface area contributed by atoms with E-state index in [2.05, 4.69) is 0 Å². The molecule has 0 spiro atoms. The van der Waals surface area contributed by atoms with Crippen LogP contribution in [0.4, 0.5) is 8.78 Å². The maximum Gasteiger partial charge on any atom is 0.184 e. The monoisotopic (exact) mass is 264 g/mol. The molecule has 0 N–H and O–H groups in total. The van der Waals surface area contributed by atoms with Crippen LogP contribution in [-0.4, -0.2) is 13.2 Å². The Morgan fingerprint density at radius 1 is 1.26 bits per heavy atom. The zero-order valence-corrected chi connectivity index (χ0v) is 10.5. The average Bonchev–Trinajstić information content (AvgIpc) is 2.39. The molecule has 1 aliphatic rings. The number of ether oxygens (including phenoxy) is 2. The first-order valence-electron chi connectivity index (χ1n) is 5.97. The van der Waals surface area contributed by atoms with Gasteiger partial charge in [0.05, 0.1) is 18.8 Å². The van der Waals surface area contributed by atoms with E-state index in [9.17, 15) is 8.78 Å². The van der Waals surface area contributed by atoms with E-state index in [-0.39, 0.29) is 11.5 Å². The van der Waals surface area contributed by atoms with Gasteiger partial charge in [-0.1, -0.05) is 18.1 Å². The lowest BCUT2D eigenvalue weighted by molar-refractivity contribution is -0.197. The standard InChI is InChI=1S/C15H14F2O2/c1-3-5-10-8-18-15(19-9-10)11-6-13(16)12(4-2)14(17)7-11/h2-3,5-7,10,15H,8-9H2,1H3. The zero-order valence-electron chi connectivity index (χ0n) is 10.5. The lowest BCUT2D eigenvalue weighted by Gasteiger charge is -2.28. The quantitative estimate of drug-likeness (QED) is 0.603. The van der Waals surface area contributed by atoms with Gasteiger partial charge in [-0.15, -0.1) is 6.42 Å². The normalized spacial score (nSPS) is 23.5. The van der Waals surface area contributed by atoms with Crippen molar-refractivity contribution in [2.75, 3.05) is 13.2 Å².